The topological polar surface area (TPSA) is 27.6 Å². The van der Waals surface area contributed by atoms with E-state index in [1.807, 2.05) is 11.9 Å². The summed E-state index contributed by atoms with van der Waals surface area (Å²) < 4.78 is 0. The zero-order valence-corrected chi connectivity index (χ0v) is 6.70. The van der Waals surface area contributed by atoms with Gasteiger partial charge in [0.1, 0.15) is 5.84 Å². The third-order valence-electron chi connectivity index (χ3n) is 1.78. The highest BCUT2D eigenvalue weighted by Crippen LogP contribution is 2.15. The average molecular weight is 149 g/mol. The van der Waals surface area contributed by atoms with Crippen LogP contribution in [0, 0.1) is 0 Å². The fourth-order valence-corrected chi connectivity index (χ4v) is 1.29. The molecule has 3 heteroatoms. The fraction of sp³-hybridized carbons (Fsp3) is 0.375. The van der Waals surface area contributed by atoms with Gasteiger partial charge in [-0.1, -0.05) is 6.08 Å². The van der Waals surface area contributed by atoms with Gasteiger partial charge < -0.3 is 0 Å². The van der Waals surface area contributed by atoms with Gasteiger partial charge in [0.15, 0.2) is 6.17 Å². The van der Waals surface area contributed by atoms with Crippen LogP contribution in [-0.4, -0.2) is 17.0 Å². The predicted molar refractivity (Wildman–Crippen MR) is 44.8 cm³/mol. The van der Waals surface area contributed by atoms with Gasteiger partial charge in [-0.15, -0.1) is 0 Å². The molecule has 58 valence electrons. The molecular formula is C8H11N3. The molecule has 0 spiro atoms. The zero-order valence-electron chi connectivity index (χ0n) is 6.70. The van der Waals surface area contributed by atoms with Crippen LogP contribution in [0.4, 0.5) is 0 Å². The van der Waals surface area contributed by atoms with Gasteiger partial charge in [0.25, 0.3) is 0 Å². The smallest absolute Gasteiger partial charge is 0.160 e. The maximum absolute atomic E-state index is 4.35. The van der Waals surface area contributed by atoms with Crippen molar-refractivity contribution in [3.8, 4) is 0 Å². The molecule has 0 aromatic rings. The third-order valence-corrected chi connectivity index (χ3v) is 1.78. The molecule has 0 aliphatic carbocycles. The van der Waals surface area contributed by atoms with E-state index in [2.05, 4.69) is 35.7 Å². The molecule has 2 aliphatic heterocycles. The maximum Gasteiger partial charge on any atom is 0.160 e. The van der Waals surface area contributed by atoms with Crippen molar-refractivity contribution in [1.29, 1.82) is 0 Å². The molecule has 3 nitrogen and oxygen atoms in total. The van der Waals surface area contributed by atoms with Crippen molar-refractivity contribution in [3.05, 3.63) is 23.9 Å². The minimum Gasteiger partial charge on any atom is -0.284 e. The molecule has 0 fully saturated rings. The number of nitrogens with zero attached hydrogens (tertiary/aromatic N) is 2. The second-order valence-electron chi connectivity index (χ2n) is 2.88. The Morgan fingerprint density at radius 3 is 3.18 bits per heavy atom. The average Bonchev–Trinajstić information content (AvgIpc) is 2.27. The first-order valence-electron chi connectivity index (χ1n) is 3.72. The predicted octanol–water partition coefficient (Wildman–Crippen LogP) is 1.02. The summed E-state index contributed by atoms with van der Waals surface area (Å²) in [5.41, 5.74) is 4.39. The molecule has 11 heavy (non-hydrogen) atoms. The number of hydrazine groups is 1. The summed E-state index contributed by atoms with van der Waals surface area (Å²) in [7, 11) is 0. The van der Waals surface area contributed by atoms with Gasteiger partial charge >= 0.3 is 0 Å². The number of fused-ring (bicyclic) bond motifs is 1. The second-order valence-corrected chi connectivity index (χ2v) is 2.88. The number of amidine groups is 1. The number of hydrogen-bond donors (Lipinski definition) is 1. The van der Waals surface area contributed by atoms with Gasteiger partial charge in [-0.2, -0.15) is 0 Å². The number of aliphatic imine (C=N–C) groups is 1. The Bertz CT molecular complexity index is 263. The van der Waals surface area contributed by atoms with Gasteiger partial charge in [0.2, 0.25) is 0 Å². The maximum atomic E-state index is 4.35. The molecule has 0 saturated carbocycles. The van der Waals surface area contributed by atoms with Crippen LogP contribution in [0.3, 0.4) is 0 Å². The van der Waals surface area contributed by atoms with Crippen LogP contribution in [-0.2, 0) is 0 Å². The summed E-state index contributed by atoms with van der Waals surface area (Å²) in [5.74, 6) is 0.977. The van der Waals surface area contributed by atoms with Crippen LogP contribution < -0.4 is 5.43 Å². The van der Waals surface area contributed by atoms with Crippen molar-refractivity contribution < 1.29 is 0 Å². The van der Waals surface area contributed by atoms with E-state index in [0.717, 1.165) is 5.84 Å². The molecule has 0 saturated heterocycles. The Kier molecular flexibility index (Phi) is 1.24. The van der Waals surface area contributed by atoms with Gasteiger partial charge in [0.05, 0.1) is 0 Å². The summed E-state index contributed by atoms with van der Waals surface area (Å²) in [5, 5.41) is 2.00. The standard InChI is InChI=1S/C8H11N3/c1-6-3-4-8-9-7(2)10-11(8)5-6/h3-5,8H,1-2H3,(H,9,10). The van der Waals surface area contributed by atoms with E-state index >= 15 is 0 Å². The van der Waals surface area contributed by atoms with Crippen molar-refractivity contribution in [1.82, 2.24) is 10.4 Å². The Morgan fingerprint density at radius 2 is 2.36 bits per heavy atom. The van der Waals surface area contributed by atoms with E-state index in [1.54, 1.807) is 0 Å². The molecule has 1 unspecified atom stereocenters. The van der Waals surface area contributed by atoms with E-state index in [9.17, 15) is 0 Å². The van der Waals surface area contributed by atoms with Crippen LogP contribution in [0.2, 0.25) is 0 Å². The van der Waals surface area contributed by atoms with E-state index in [1.165, 1.54) is 5.57 Å². The largest absolute Gasteiger partial charge is 0.284 e. The lowest BCUT2D eigenvalue weighted by Gasteiger charge is -2.22. The Labute approximate surface area is 66.1 Å². The highest BCUT2D eigenvalue weighted by atomic mass is 15.6. The molecule has 0 aromatic heterocycles. The van der Waals surface area contributed by atoms with Gasteiger partial charge in [-0.05, 0) is 25.5 Å². The lowest BCUT2D eigenvalue weighted by atomic mass is 10.2. The first-order chi connectivity index (χ1) is 5.25. The quantitative estimate of drug-likeness (QED) is 0.557. The van der Waals surface area contributed by atoms with Crippen LogP contribution >= 0.6 is 0 Å². The lowest BCUT2D eigenvalue weighted by Crippen LogP contribution is -2.36. The highest BCUT2D eigenvalue weighted by molar-refractivity contribution is 5.81. The summed E-state index contributed by atoms with van der Waals surface area (Å²) in [6.45, 7) is 4.04. The molecule has 0 bridgehead atoms. The minimum atomic E-state index is 0.179. The van der Waals surface area contributed by atoms with Gasteiger partial charge in [0, 0.05) is 6.20 Å². The van der Waals surface area contributed by atoms with E-state index < -0.39 is 0 Å². The van der Waals surface area contributed by atoms with Gasteiger partial charge in [-0.25, -0.2) is 4.99 Å². The number of nitrogens with one attached hydrogen (secondary N) is 1. The van der Waals surface area contributed by atoms with Crippen LogP contribution in [0.15, 0.2) is 28.9 Å². The highest BCUT2D eigenvalue weighted by Gasteiger charge is 2.20. The molecule has 0 aromatic carbocycles. The lowest BCUT2D eigenvalue weighted by molar-refractivity contribution is 0.311. The number of hydrogen-bond acceptors (Lipinski definition) is 3. The summed E-state index contributed by atoms with van der Waals surface area (Å²) in [4.78, 5) is 4.35. The molecule has 1 N–H and O–H groups in total. The first kappa shape index (κ1) is 6.46. The Hall–Kier alpha value is -1.25. The monoisotopic (exact) mass is 149 g/mol. The second kappa shape index (κ2) is 2.12. The summed E-state index contributed by atoms with van der Waals surface area (Å²) in [6, 6.07) is 0. The molecule has 1 atom stereocenters. The van der Waals surface area contributed by atoms with E-state index in [-0.39, 0.29) is 6.17 Å². The van der Waals surface area contributed by atoms with E-state index in [0.29, 0.717) is 0 Å². The normalized spacial score (nSPS) is 27.5. The van der Waals surface area contributed by atoms with Crippen molar-refractivity contribution in [2.45, 2.75) is 20.0 Å². The Morgan fingerprint density at radius 1 is 1.55 bits per heavy atom. The minimum absolute atomic E-state index is 0.179. The Balaban J connectivity index is 2.25. The van der Waals surface area contributed by atoms with Gasteiger partial charge in [-0.3, -0.25) is 10.4 Å². The number of rotatable bonds is 0. The van der Waals surface area contributed by atoms with E-state index in [4.69, 9.17) is 0 Å². The third kappa shape index (κ3) is 1.02. The fourth-order valence-electron chi connectivity index (χ4n) is 1.29. The zero-order chi connectivity index (χ0) is 7.84. The molecule has 2 heterocycles. The number of allylic oxidation sites excluding steroid dienone is 2. The molecule has 2 rings (SSSR count). The van der Waals surface area contributed by atoms with Crippen LogP contribution in [0.25, 0.3) is 0 Å². The van der Waals surface area contributed by atoms with Crippen molar-refractivity contribution in [2.24, 2.45) is 4.99 Å². The first-order valence-corrected chi connectivity index (χ1v) is 3.72. The summed E-state index contributed by atoms with van der Waals surface area (Å²) >= 11 is 0. The van der Waals surface area contributed by atoms with Crippen molar-refractivity contribution in [3.63, 3.8) is 0 Å². The summed E-state index contributed by atoms with van der Waals surface area (Å²) in [6.07, 6.45) is 6.41. The van der Waals surface area contributed by atoms with Crippen molar-refractivity contribution >= 4 is 5.84 Å². The molecule has 2 aliphatic rings. The molecule has 0 radical (unpaired) electrons. The van der Waals surface area contributed by atoms with Crippen molar-refractivity contribution in [2.75, 3.05) is 0 Å². The van der Waals surface area contributed by atoms with Crippen LogP contribution in [0.5, 0.6) is 0 Å². The SMILES string of the molecule is CC1=CN2NC(C)=NC2C=C1. The van der Waals surface area contributed by atoms with Crippen LogP contribution in [0.1, 0.15) is 13.8 Å². The molecular weight excluding hydrogens is 138 g/mol. The molecule has 0 amide bonds.